The molecule has 0 aromatic heterocycles. The Morgan fingerprint density at radius 1 is 1.31 bits per heavy atom. The van der Waals surface area contributed by atoms with Gasteiger partial charge in [-0.15, -0.1) is 0 Å². The van der Waals surface area contributed by atoms with Gasteiger partial charge in [0.25, 0.3) is 0 Å². The summed E-state index contributed by atoms with van der Waals surface area (Å²) in [5, 5.41) is 1.73. The zero-order valence-electron chi connectivity index (χ0n) is 8.29. The Bertz CT molecular complexity index is 351. The number of halogens is 3. The minimum atomic E-state index is -4.42. The molecule has 1 atom stereocenters. The first-order chi connectivity index (χ1) is 7.40. The van der Waals surface area contributed by atoms with Crippen molar-refractivity contribution in [2.45, 2.75) is 12.2 Å². The molecule has 0 bridgehead atoms. The van der Waals surface area contributed by atoms with E-state index in [-0.39, 0.29) is 0 Å². The fourth-order valence-corrected chi connectivity index (χ4v) is 1.11. The van der Waals surface area contributed by atoms with Gasteiger partial charge in [0.2, 0.25) is 5.91 Å². The fraction of sp³-hybridized carbons (Fsp3) is 0.300. The molecule has 0 spiro atoms. The molecule has 1 amide bonds. The minimum absolute atomic E-state index is 0.474. The molecule has 0 aliphatic carbocycles. The molecule has 1 aromatic rings. The molecule has 0 radical (unpaired) electrons. The van der Waals surface area contributed by atoms with Crippen LogP contribution in [0.25, 0.3) is 0 Å². The average Bonchev–Trinajstić information content (AvgIpc) is 2.25. The number of carbonyl (C=O) groups is 1. The van der Waals surface area contributed by atoms with Crippen LogP contribution >= 0.6 is 0 Å². The lowest BCUT2D eigenvalue weighted by atomic mass is 10.1. The van der Waals surface area contributed by atoms with E-state index in [0.717, 1.165) is 0 Å². The van der Waals surface area contributed by atoms with Crippen molar-refractivity contribution in [3.8, 4) is 0 Å². The monoisotopic (exact) mass is 232 g/mol. The van der Waals surface area contributed by atoms with Crippen molar-refractivity contribution in [3.63, 3.8) is 0 Å². The van der Waals surface area contributed by atoms with Gasteiger partial charge in [-0.1, -0.05) is 30.3 Å². The van der Waals surface area contributed by atoms with Crippen LogP contribution in [0.3, 0.4) is 0 Å². The van der Waals surface area contributed by atoms with Gasteiger partial charge in [-0.25, -0.2) is 0 Å². The highest BCUT2D eigenvalue weighted by Gasteiger charge is 2.29. The van der Waals surface area contributed by atoms with E-state index in [9.17, 15) is 18.0 Å². The van der Waals surface area contributed by atoms with Crippen LogP contribution in [0.15, 0.2) is 30.3 Å². The number of hydrogen-bond acceptors (Lipinski definition) is 2. The average molecular weight is 232 g/mol. The Labute approximate surface area is 90.4 Å². The molecule has 88 valence electrons. The van der Waals surface area contributed by atoms with E-state index in [1.807, 2.05) is 0 Å². The van der Waals surface area contributed by atoms with Crippen molar-refractivity contribution in [1.82, 2.24) is 5.32 Å². The van der Waals surface area contributed by atoms with Crippen LogP contribution in [0.5, 0.6) is 0 Å². The van der Waals surface area contributed by atoms with Crippen molar-refractivity contribution in [2.75, 3.05) is 6.54 Å². The van der Waals surface area contributed by atoms with Crippen LogP contribution in [0, 0.1) is 0 Å². The summed E-state index contributed by atoms with van der Waals surface area (Å²) in [5.41, 5.74) is 5.96. The van der Waals surface area contributed by atoms with E-state index in [1.54, 1.807) is 35.6 Å². The van der Waals surface area contributed by atoms with E-state index in [4.69, 9.17) is 5.73 Å². The van der Waals surface area contributed by atoms with Gasteiger partial charge in [0.1, 0.15) is 12.6 Å². The highest BCUT2D eigenvalue weighted by atomic mass is 19.4. The molecule has 0 unspecified atom stereocenters. The van der Waals surface area contributed by atoms with Gasteiger partial charge in [0.15, 0.2) is 0 Å². The maximum Gasteiger partial charge on any atom is 0.405 e. The van der Waals surface area contributed by atoms with Crippen LogP contribution in [-0.2, 0) is 4.79 Å². The second-order valence-corrected chi connectivity index (χ2v) is 3.22. The zero-order valence-corrected chi connectivity index (χ0v) is 8.29. The summed E-state index contributed by atoms with van der Waals surface area (Å²) in [6.07, 6.45) is -4.42. The van der Waals surface area contributed by atoms with Crippen LogP contribution in [0.1, 0.15) is 11.6 Å². The first kappa shape index (κ1) is 12.5. The standard InChI is InChI=1S/C10H11F3N2O/c11-10(12,13)6-15-9(16)8(14)7-4-2-1-3-5-7/h1-5,8H,6,14H2,(H,15,16)/t8-/m0/s1. The predicted octanol–water partition coefficient (Wildman–Crippen LogP) is 1.36. The van der Waals surface area contributed by atoms with Crippen molar-refractivity contribution in [3.05, 3.63) is 35.9 Å². The Morgan fingerprint density at radius 2 is 1.88 bits per heavy atom. The largest absolute Gasteiger partial charge is 0.405 e. The van der Waals surface area contributed by atoms with Crippen LogP contribution in [0.2, 0.25) is 0 Å². The zero-order chi connectivity index (χ0) is 12.2. The fourth-order valence-electron chi connectivity index (χ4n) is 1.11. The Hall–Kier alpha value is -1.56. The van der Waals surface area contributed by atoms with Crippen molar-refractivity contribution in [1.29, 1.82) is 0 Å². The summed E-state index contributed by atoms with van der Waals surface area (Å²) < 4.78 is 35.5. The molecule has 0 aliphatic heterocycles. The normalized spacial score (nSPS) is 13.2. The second-order valence-electron chi connectivity index (χ2n) is 3.22. The Balaban J connectivity index is 2.55. The summed E-state index contributed by atoms with van der Waals surface area (Å²) in [6.45, 7) is -1.37. The molecule has 3 nitrogen and oxygen atoms in total. The van der Waals surface area contributed by atoms with Crippen molar-refractivity contribution >= 4 is 5.91 Å². The van der Waals surface area contributed by atoms with E-state index in [0.29, 0.717) is 5.56 Å². The number of benzene rings is 1. The lowest BCUT2D eigenvalue weighted by Crippen LogP contribution is -2.39. The van der Waals surface area contributed by atoms with Gasteiger partial charge in [-0.3, -0.25) is 4.79 Å². The summed E-state index contributed by atoms with van der Waals surface area (Å²) in [7, 11) is 0. The molecular weight excluding hydrogens is 221 g/mol. The smallest absolute Gasteiger partial charge is 0.345 e. The van der Waals surface area contributed by atoms with Gasteiger partial charge in [0, 0.05) is 0 Å². The number of amides is 1. The number of carbonyl (C=O) groups excluding carboxylic acids is 1. The molecule has 0 saturated heterocycles. The van der Waals surface area contributed by atoms with E-state index in [2.05, 4.69) is 0 Å². The SMILES string of the molecule is N[C@H](C(=O)NCC(F)(F)F)c1ccccc1. The molecule has 1 rings (SSSR count). The van der Waals surface area contributed by atoms with Gasteiger partial charge >= 0.3 is 6.18 Å². The molecule has 0 saturated carbocycles. The number of rotatable bonds is 3. The molecule has 0 fully saturated rings. The topological polar surface area (TPSA) is 55.1 Å². The van der Waals surface area contributed by atoms with Gasteiger partial charge in [-0.05, 0) is 5.56 Å². The lowest BCUT2D eigenvalue weighted by molar-refractivity contribution is -0.139. The minimum Gasteiger partial charge on any atom is -0.345 e. The van der Waals surface area contributed by atoms with Gasteiger partial charge in [-0.2, -0.15) is 13.2 Å². The van der Waals surface area contributed by atoms with Crippen LogP contribution < -0.4 is 11.1 Å². The molecule has 0 aliphatic rings. The number of hydrogen-bond donors (Lipinski definition) is 2. The highest BCUT2D eigenvalue weighted by molar-refractivity contribution is 5.82. The van der Waals surface area contributed by atoms with Gasteiger partial charge in [0.05, 0.1) is 0 Å². The third-order valence-electron chi connectivity index (χ3n) is 1.90. The van der Waals surface area contributed by atoms with E-state index in [1.165, 1.54) is 0 Å². The summed E-state index contributed by atoms with van der Waals surface area (Å²) in [6, 6.07) is 7.13. The van der Waals surface area contributed by atoms with Crippen molar-refractivity contribution in [2.24, 2.45) is 5.73 Å². The van der Waals surface area contributed by atoms with Gasteiger partial charge < -0.3 is 11.1 Å². The molecular formula is C10H11F3N2O. The number of alkyl halides is 3. The predicted molar refractivity (Wildman–Crippen MR) is 52.4 cm³/mol. The third-order valence-corrected chi connectivity index (χ3v) is 1.90. The van der Waals surface area contributed by atoms with Crippen LogP contribution in [-0.4, -0.2) is 18.6 Å². The number of nitrogens with one attached hydrogen (secondary N) is 1. The highest BCUT2D eigenvalue weighted by Crippen LogP contribution is 2.14. The maximum absolute atomic E-state index is 11.8. The number of nitrogens with two attached hydrogens (primary N) is 1. The summed E-state index contributed by atoms with van der Waals surface area (Å²) in [4.78, 5) is 11.3. The van der Waals surface area contributed by atoms with E-state index < -0.39 is 24.7 Å². The molecule has 6 heteroatoms. The van der Waals surface area contributed by atoms with Crippen molar-refractivity contribution < 1.29 is 18.0 Å². The summed E-state index contributed by atoms with van der Waals surface area (Å²) >= 11 is 0. The summed E-state index contributed by atoms with van der Waals surface area (Å²) in [5.74, 6) is -0.844. The molecule has 16 heavy (non-hydrogen) atoms. The lowest BCUT2D eigenvalue weighted by Gasteiger charge is -2.13. The second kappa shape index (κ2) is 4.98. The third kappa shape index (κ3) is 3.90. The molecule has 1 aromatic carbocycles. The Morgan fingerprint density at radius 3 is 2.38 bits per heavy atom. The quantitative estimate of drug-likeness (QED) is 0.826. The first-order valence-electron chi connectivity index (χ1n) is 4.55. The molecule has 0 heterocycles. The maximum atomic E-state index is 11.8. The first-order valence-corrected chi connectivity index (χ1v) is 4.55. The van der Waals surface area contributed by atoms with Crippen LogP contribution in [0.4, 0.5) is 13.2 Å². The Kier molecular flexibility index (Phi) is 3.89. The van der Waals surface area contributed by atoms with E-state index >= 15 is 0 Å². The molecule has 3 N–H and O–H groups in total.